The molecule has 6 N–H and O–H groups in total. The number of nitrogens with one attached hydrogen (secondary N) is 4. The Morgan fingerprint density at radius 2 is 1.61 bits per heavy atom. The first kappa shape index (κ1) is 32.4. The summed E-state index contributed by atoms with van der Waals surface area (Å²) in [5, 5.41) is 10.8. The lowest BCUT2D eigenvalue weighted by molar-refractivity contribution is -0.142. The fourth-order valence-corrected chi connectivity index (χ4v) is 3.64. The third kappa shape index (κ3) is 13.6. The van der Waals surface area contributed by atoms with Crippen molar-refractivity contribution in [3.8, 4) is 0 Å². The number of carbonyl (C=O) groups is 5. The van der Waals surface area contributed by atoms with Gasteiger partial charge < -0.3 is 31.7 Å². The average Bonchev–Trinajstić information content (AvgIpc) is 2.86. The molecule has 38 heavy (non-hydrogen) atoms. The number of rotatable bonds is 17. The van der Waals surface area contributed by atoms with Crippen molar-refractivity contribution in [1.82, 2.24) is 16.0 Å². The number of nitrogens with two attached hydrogens (primary N) is 1. The zero-order valence-corrected chi connectivity index (χ0v) is 22.9. The average molecular weight is 534 g/mol. The molecule has 2 unspecified atom stereocenters. The van der Waals surface area contributed by atoms with Gasteiger partial charge in [0.05, 0.1) is 0 Å². The van der Waals surface area contributed by atoms with Crippen LogP contribution in [0.4, 0.5) is 10.5 Å². The van der Waals surface area contributed by atoms with Gasteiger partial charge in [-0.2, -0.15) is 0 Å². The standard InChI is InChI=1S/C27H43N5O6/c1-5-6-7-8-11-23(34)32-24(18(2)3)26(36)31-22(10-9-16-29-27(28)37)25(35)30-21-14-12-20(13-15-21)17-38-19(4)33/h12-15,18,22,24H,5-11,16-17H2,1-4H3,(H,30,35)(H,31,36)(H,32,34)(H3,28,29,37). The normalized spacial score (nSPS) is 12.2. The molecule has 0 saturated heterocycles. The van der Waals surface area contributed by atoms with E-state index in [2.05, 4.69) is 28.2 Å². The van der Waals surface area contributed by atoms with E-state index in [1.54, 1.807) is 24.3 Å². The molecule has 212 valence electrons. The van der Waals surface area contributed by atoms with Crippen molar-refractivity contribution >= 4 is 35.4 Å². The summed E-state index contributed by atoms with van der Waals surface area (Å²) >= 11 is 0. The Kier molecular flexibility index (Phi) is 15.1. The molecule has 0 aliphatic rings. The van der Waals surface area contributed by atoms with E-state index in [4.69, 9.17) is 10.5 Å². The Hall–Kier alpha value is -3.63. The van der Waals surface area contributed by atoms with Crippen LogP contribution >= 0.6 is 0 Å². The topological polar surface area (TPSA) is 169 Å². The van der Waals surface area contributed by atoms with Crippen molar-refractivity contribution in [3.63, 3.8) is 0 Å². The minimum Gasteiger partial charge on any atom is -0.461 e. The Morgan fingerprint density at radius 1 is 0.921 bits per heavy atom. The third-order valence-electron chi connectivity index (χ3n) is 5.79. The second kappa shape index (κ2) is 17.8. The van der Waals surface area contributed by atoms with Crippen LogP contribution in [0.5, 0.6) is 0 Å². The summed E-state index contributed by atoms with van der Waals surface area (Å²) in [6, 6.07) is 4.38. The largest absolute Gasteiger partial charge is 0.461 e. The summed E-state index contributed by atoms with van der Waals surface area (Å²) in [4.78, 5) is 60.6. The third-order valence-corrected chi connectivity index (χ3v) is 5.79. The summed E-state index contributed by atoms with van der Waals surface area (Å²) in [7, 11) is 0. The number of amides is 5. The van der Waals surface area contributed by atoms with Gasteiger partial charge in [0.15, 0.2) is 0 Å². The van der Waals surface area contributed by atoms with Crippen molar-refractivity contribution in [1.29, 1.82) is 0 Å². The molecule has 0 fully saturated rings. The fourth-order valence-electron chi connectivity index (χ4n) is 3.64. The number of anilines is 1. The number of benzene rings is 1. The predicted molar refractivity (Wildman–Crippen MR) is 145 cm³/mol. The molecule has 0 saturated carbocycles. The number of unbranched alkanes of at least 4 members (excludes halogenated alkanes) is 3. The molecule has 11 heteroatoms. The molecule has 0 aliphatic carbocycles. The molecule has 0 radical (unpaired) electrons. The predicted octanol–water partition coefficient (Wildman–Crippen LogP) is 2.73. The van der Waals surface area contributed by atoms with Gasteiger partial charge in [-0.3, -0.25) is 19.2 Å². The SMILES string of the molecule is CCCCCCC(=O)NC(C(=O)NC(CCCNC(N)=O)C(=O)Nc1ccc(COC(C)=O)cc1)C(C)C. The summed E-state index contributed by atoms with van der Waals surface area (Å²) in [6.45, 7) is 7.43. The van der Waals surface area contributed by atoms with Gasteiger partial charge in [-0.1, -0.05) is 52.2 Å². The van der Waals surface area contributed by atoms with Gasteiger partial charge in [0.2, 0.25) is 17.7 Å². The molecular weight excluding hydrogens is 490 g/mol. The van der Waals surface area contributed by atoms with E-state index in [-0.39, 0.29) is 37.4 Å². The van der Waals surface area contributed by atoms with Crippen LogP contribution in [-0.4, -0.2) is 48.4 Å². The highest BCUT2D eigenvalue weighted by molar-refractivity contribution is 5.98. The molecule has 1 rings (SSSR count). The summed E-state index contributed by atoms with van der Waals surface area (Å²) in [5.74, 6) is -1.69. The van der Waals surface area contributed by atoms with E-state index < -0.39 is 29.9 Å². The van der Waals surface area contributed by atoms with E-state index in [0.29, 0.717) is 18.5 Å². The minimum absolute atomic E-state index is 0.121. The molecule has 0 spiro atoms. The van der Waals surface area contributed by atoms with Gasteiger partial charge in [0.1, 0.15) is 18.7 Å². The maximum atomic E-state index is 13.1. The first-order chi connectivity index (χ1) is 18.0. The lowest BCUT2D eigenvalue weighted by atomic mass is 10.0. The number of hydrogen-bond donors (Lipinski definition) is 5. The van der Waals surface area contributed by atoms with Crippen molar-refractivity contribution in [2.45, 2.75) is 91.3 Å². The second-order valence-corrected chi connectivity index (χ2v) is 9.56. The van der Waals surface area contributed by atoms with Gasteiger partial charge in [-0.15, -0.1) is 0 Å². The lowest BCUT2D eigenvalue weighted by Gasteiger charge is -2.25. The number of hydrogen-bond acceptors (Lipinski definition) is 6. The second-order valence-electron chi connectivity index (χ2n) is 9.56. The first-order valence-electron chi connectivity index (χ1n) is 13.2. The molecule has 11 nitrogen and oxygen atoms in total. The van der Waals surface area contributed by atoms with Crippen molar-refractivity contribution in [2.24, 2.45) is 11.7 Å². The summed E-state index contributed by atoms with van der Waals surface area (Å²) in [5.41, 5.74) is 6.36. The number of primary amides is 1. The Labute approximate surface area is 225 Å². The van der Waals surface area contributed by atoms with E-state index in [0.717, 1.165) is 31.2 Å². The summed E-state index contributed by atoms with van der Waals surface area (Å²) < 4.78 is 4.96. The molecule has 0 aliphatic heterocycles. The van der Waals surface area contributed by atoms with Gasteiger partial charge in [-0.25, -0.2) is 4.79 Å². The molecule has 0 aromatic heterocycles. The van der Waals surface area contributed by atoms with Crippen LogP contribution in [0.15, 0.2) is 24.3 Å². The van der Waals surface area contributed by atoms with Gasteiger partial charge in [0, 0.05) is 25.6 Å². The highest BCUT2D eigenvalue weighted by Crippen LogP contribution is 2.13. The molecule has 0 bridgehead atoms. The van der Waals surface area contributed by atoms with E-state index >= 15 is 0 Å². The molecule has 2 atom stereocenters. The number of urea groups is 1. The van der Waals surface area contributed by atoms with Gasteiger partial charge in [-0.05, 0) is 42.9 Å². The molecule has 5 amide bonds. The zero-order chi connectivity index (χ0) is 28.5. The van der Waals surface area contributed by atoms with Crippen LogP contribution in [0, 0.1) is 5.92 Å². The zero-order valence-electron chi connectivity index (χ0n) is 22.9. The number of carbonyl (C=O) groups excluding carboxylic acids is 5. The van der Waals surface area contributed by atoms with Crippen LogP contribution in [0.25, 0.3) is 0 Å². The van der Waals surface area contributed by atoms with Gasteiger partial charge in [0.25, 0.3) is 0 Å². The van der Waals surface area contributed by atoms with E-state index in [1.807, 2.05) is 13.8 Å². The molecular formula is C27H43N5O6. The van der Waals surface area contributed by atoms with E-state index in [1.165, 1.54) is 6.92 Å². The quantitative estimate of drug-likeness (QED) is 0.152. The number of esters is 1. The van der Waals surface area contributed by atoms with Crippen LogP contribution in [0.3, 0.4) is 0 Å². The lowest BCUT2D eigenvalue weighted by Crippen LogP contribution is -2.54. The van der Waals surface area contributed by atoms with Gasteiger partial charge >= 0.3 is 12.0 Å². The highest BCUT2D eigenvalue weighted by Gasteiger charge is 2.28. The van der Waals surface area contributed by atoms with E-state index in [9.17, 15) is 24.0 Å². The van der Waals surface area contributed by atoms with Crippen molar-refractivity contribution < 1.29 is 28.7 Å². The smallest absolute Gasteiger partial charge is 0.312 e. The fraction of sp³-hybridized carbons (Fsp3) is 0.593. The number of ether oxygens (including phenoxy) is 1. The minimum atomic E-state index is -0.916. The Morgan fingerprint density at radius 3 is 2.18 bits per heavy atom. The maximum absolute atomic E-state index is 13.1. The Balaban J connectivity index is 2.86. The van der Waals surface area contributed by atoms with Crippen LogP contribution in [-0.2, 0) is 30.5 Å². The molecule has 1 aromatic rings. The molecule has 1 aromatic carbocycles. The van der Waals surface area contributed by atoms with Crippen molar-refractivity contribution in [3.05, 3.63) is 29.8 Å². The summed E-state index contributed by atoms with van der Waals surface area (Å²) in [6.07, 6.45) is 4.79. The van der Waals surface area contributed by atoms with Crippen LogP contribution in [0.1, 0.15) is 78.2 Å². The molecule has 0 heterocycles. The van der Waals surface area contributed by atoms with Crippen LogP contribution in [0.2, 0.25) is 0 Å². The first-order valence-corrected chi connectivity index (χ1v) is 13.2. The van der Waals surface area contributed by atoms with Crippen LogP contribution < -0.4 is 27.0 Å². The Bertz CT molecular complexity index is 919. The maximum Gasteiger partial charge on any atom is 0.312 e. The highest BCUT2D eigenvalue weighted by atomic mass is 16.5. The monoisotopic (exact) mass is 533 g/mol. The van der Waals surface area contributed by atoms with Crippen molar-refractivity contribution in [2.75, 3.05) is 11.9 Å².